The molecule has 0 aliphatic carbocycles. The number of nitrogens with two attached hydrogens (primary N) is 1. The van der Waals surface area contributed by atoms with E-state index in [2.05, 4.69) is 10.6 Å². The third-order valence-electron chi connectivity index (χ3n) is 2.91. The lowest BCUT2D eigenvalue weighted by Gasteiger charge is -2.17. The molecule has 1 aromatic heterocycles. The summed E-state index contributed by atoms with van der Waals surface area (Å²) in [5, 5.41) is 5.46. The first-order valence-electron chi connectivity index (χ1n) is 5.61. The average molecular weight is 244 g/mol. The van der Waals surface area contributed by atoms with Gasteiger partial charge in [0, 0.05) is 13.0 Å². The van der Waals surface area contributed by atoms with Crippen molar-refractivity contribution < 1.29 is 9.32 Å². The molecule has 18 heavy (non-hydrogen) atoms. The Morgan fingerprint density at radius 2 is 2.11 bits per heavy atom. The van der Waals surface area contributed by atoms with E-state index in [0.29, 0.717) is 18.8 Å². The Hall–Kier alpha value is -2.50. The molecule has 1 fully saturated rings. The summed E-state index contributed by atoms with van der Waals surface area (Å²) in [7, 11) is 0. The number of nitrogens with one attached hydrogen (secondary N) is 1. The van der Waals surface area contributed by atoms with Crippen molar-refractivity contribution in [2.75, 3.05) is 17.3 Å². The van der Waals surface area contributed by atoms with Crippen LogP contribution in [0, 0.1) is 0 Å². The van der Waals surface area contributed by atoms with Crippen molar-refractivity contribution in [3.8, 4) is 11.1 Å². The molecule has 2 aromatic rings. The second kappa shape index (κ2) is 4.06. The molecule has 1 aliphatic heterocycles. The average Bonchev–Trinajstić information content (AvgIpc) is 2.98. The summed E-state index contributed by atoms with van der Waals surface area (Å²) in [6.45, 7) is 0.688. The van der Waals surface area contributed by atoms with Crippen molar-refractivity contribution in [1.82, 2.24) is 10.6 Å². The predicted octanol–water partition coefficient (Wildman–Crippen LogP) is 1.17. The van der Waals surface area contributed by atoms with Crippen LogP contribution >= 0.6 is 0 Å². The molecular formula is C12H12N4O2. The molecule has 3 rings (SSSR count). The minimum atomic E-state index is 0.0438. The maximum atomic E-state index is 11.1. The number of carbonyl (C=O) groups is 1. The number of hydrazine groups is 1. The van der Waals surface area contributed by atoms with E-state index < -0.39 is 0 Å². The van der Waals surface area contributed by atoms with Gasteiger partial charge in [-0.3, -0.25) is 15.2 Å². The van der Waals surface area contributed by atoms with Gasteiger partial charge in [0.05, 0.1) is 17.4 Å². The van der Waals surface area contributed by atoms with Gasteiger partial charge < -0.3 is 10.3 Å². The van der Waals surface area contributed by atoms with E-state index in [0.717, 1.165) is 16.8 Å². The van der Waals surface area contributed by atoms with E-state index in [4.69, 9.17) is 10.3 Å². The van der Waals surface area contributed by atoms with Crippen LogP contribution in [0.2, 0.25) is 0 Å². The van der Waals surface area contributed by atoms with Gasteiger partial charge >= 0.3 is 0 Å². The monoisotopic (exact) mass is 244 g/mol. The number of amides is 1. The minimum Gasteiger partial charge on any atom is -0.367 e. The van der Waals surface area contributed by atoms with Crippen LogP contribution in [0.3, 0.4) is 0 Å². The van der Waals surface area contributed by atoms with Gasteiger partial charge in [-0.15, -0.1) is 0 Å². The zero-order chi connectivity index (χ0) is 12.5. The third-order valence-corrected chi connectivity index (χ3v) is 2.91. The van der Waals surface area contributed by atoms with Crippen LogP contribution in [0.4, 0.5) is 11.6 Å². The highest BCUT2D eigenvalue weighted by Gasteiger charge is 2.18. The van der Waals surface area contributed by atoms with Crippen LogP contribution in [-0.2, 0) is 4.79 Å². The summed E-state index contributed by atoms with van der Waals surface area (Å²) in [6, 6.07) is 7.69. The van der Waals surface area contributed by atoms with Gasteiger partial charge in [-0.05, 0) is 17.7 Å². The van der Waals surface area contributed by atoms with Gasteiger partial charge in [-0.1, -0.05) is 17.3 Å². The molecule has 6 heteroatoms. The standard InChI is InChI=1S/C12H12N4O2/c13-12-10(7-14-18-12)8-1-3-9(4-2-8)16-6-5-11(17)15-16/h1-4,7H,5-6,13H2,(H,15,17). The number of anilines is 2. The Morgan fingerprint density at radius 3 is 2.67 bits per heavy atom. The lowest BCUT2D eigenvalue weighted by atomic mass is 10.1. The largest absolute Gasteiger partial charge is 0.367 e. The highest BCUT2D eigenvalue weighted by atomic mass is 16.5. The second-order valence-corrected chi connectivity index (χ2v) is 4.09. The van der Waals surface area contributed by atoms with Crippen LogP contribution in [-0.4, -0.2) is 17.6 Å². The van der Waals surface area contributed by atoms with Crippen molar-refractivity contribution in [3.63, 3.8) is 0 Å². The van der Waals surface area contributed by atoms with Gasteiger partial charge in [-0.2, -0.15) is 0 Å². The van der Waals surface area contributed by atoms with Crippen molar-refractivity contribution in [2.45, 2.75) is 6.42 Å². The van der Waals surface area contributed by atoms with E-state index in [-0.39, 0.29) is 5.91 Å². The third kappa shape index (κ3) is 1.77. The van der Waals surface area contributed by atoms with Gasteiger partial charge in [0.25, 0.3) is 0 Å². The number of hydrogen-bond donors (Lipinski definition) is 2. The Morgan fingerprint density at radius 1 is 1.33 bits per heavy atom. The summed E-state index contributed by atoms with van der Waals surface area (Å²) < 4.78 is 4.82. The molecule has 1 aliphatic rings. The Bertz CT molecular complexity index is 576. The molecule has 0 unspecified atom stereocenters. The van der Waals surface area contributed by atoms with Crippen LogP contribution in [0.25, 0.3) is 11.1 Å². The van der Waals surface area contributed by atoms with Crippen molar-refractivity contribution in [1.29, 1.82) is 0 Å². The van der Waals surface area contributed by atoms with Crippen molar-refractivity contribution in [3.05, 3.63) is 30.5 Å². The smallest absolute Gasteiger partial charge is 0.240 e. The van der Waals surface area contributed by atoms with Gasteiger partial charge in [0.2, 0.25) is 11.8 Å². The Labute approximate surface area is 103 Å². The maximum Gasteiger partial charge on any atom is 0.240 e. The first-order chi connectivity index (χ1) is 8.74. The number of nitrogens with zero attached hydrogens (tertiary/aromatic N) is 2. The Balaban J connectivity index is 1.85. The fraction of sp³-hybridized carbons (Fsp3) is 0.167. The van der Waals surface area contributed by atoms with Gasteiger partial charge in [0.15, 0.2) is 0 Å². The van der Waals surface area contributed by atoms with Crippen molar-refractivity contribution in [2.24, 2.45) is 0 Å². The topological polar surface area (TPSA) is 84.4 Å². The molecule has 0 bridgehead atoms. The number of rotatable bonds is 2. The summed E-state index contributed by atoms with van der Waals surface area (Å²) in [5.74, 6) is 0.347. The zero-order valence-corrected chi connectivity index (χ0v) is 9.59. The summed E-state index contributed by atoms with van der Waals surface area (Å²) in [5.41, 5.74) is 11.1. The zero-order valence-electron chi connectivity index (χ0n) is 9.59. The van der Waals surface area contributed by atoms with Crippen molar-refractivity contribution >= 4 is 17.5 Å². The summed E-state index contributed by atoms with van der Waals surface area (Å²) in [4.78, 5) is 11.1. The highest BCUT2D eigenvalue weighted by molar-refractivity contribution is 5.82. The number of nitrogen functional groups attached to an aromatic ring is 1. The molecule has 6 nitrogen and oxygen atoms in total. The highest BCUT2D eigenvalue weighted by Crippen LogP contribution is 2.27. The van der Waals surface area contributed by atoms with Crippen LogP contribution < -0.4 is 16.2 Å². The molecule has 0 saturated carbocycles. The maximum absolute atomic E-state index is 11.1. The number of hydrogen-bond acceptors (Lipinski definition) is 5. The quantitative estimate of drug-likeness (QED) is 0.828. The molecule has 0 atom stereocenters. The lowest BCUT2D eigenvalue weighted by molar-refractivity contribution is -0.119. The Kier molecular flexibility index (Phi) is 2.40. The normalized spacial score (nSPS) is 14.9. The van der Waals surface area contributed by atoms with Crippen LogP contribution in [0.1, 0.15) is 6.42 Å². The lowest BCUT2D eigenvalue weighted by Crippen LogP contribution is -2.32. The fourth-order valence-electron chi connectivity index (χ4n) is 1.96. The van der Waals surface area contributed by atoms with Crippen LogP contribution in [0.15, 0.2) is 35.0 Å². The molecule has 92 valence electrons. The van der Waals surface area contributed by atoms with E-state index in [1.54, 1.807) is 6.20 Å². The number of carbonyl (C=O) groups excluding carboxylic acids is 1. The molecule has 2 heterocycles. The van der Waals surface area contributed by atoms with E-state index >= 15 is 0 Å². The van der Waals surface area contributed by atoms with Gasteiger partial charge in [-0.25, -0.2) is 0 Å². The summed E-state index contributed by atoms with van der Waals surface area (Å²) in [6.07, 6.45) is 2.11. The van der Waals surface area contributed by atoms with E-state index in [9.17, 15) is 4.79 Å². The fourth-order valence-corrected chi connectivity index (χ4v) is 1.96. The predicted molar refractivity (Wildman–Crippen MR) is 66.5 cm³/mol. The SMILES string of the molecule is Nc1oncc1-c1ccc(N2CCC(=O)N2)cc1. The van der Waals surface area contributed by atoms with Crippen LogP contribution in [0.5, 0.6) is 0 Å². The first-order valence-corrected chi connectivity index (χ1v) is 5.61. The van der Waals surface area contributed by atoms with Gasteiger partial charge in [0.1, 0.15) is 0 Å². The molecule has 3 N–H and O–H groups in total. The molecule has 1 aromatic carbocycles. The molecule has 1 saturated heterocycles. The first kappa shape index (κ1) is 10.6. The number of aromatic nitrogens is 1. The number of benzene rings is 1. The molecule has 1 amide bonds. The molecular weight excluding hydrogens is 232 g/mol. The second-order valence-electron chi connectivity index (χ2n) is 4.09. The molecule has 0 spiro atoms. The van der Waals surface area contributed by atoms with E-state index in [1.165, 1.54) is 0 Å². The summed E-state index contributed by atoms with van der Waals surface area (Å²) >= 11 is 0. The minimum absolute atomic E-state index is 0.0438. The van der Waals surface area contributed by atoms with E-state index in [1.807, 2.05) is 29.3 Å². The molecule has 0 radical (unpaired) electrons.